The molecule has 1 rings (SSSR count). The number of rotatable bonds is 5. The van der Waals surface area contributed by atoms with E-state index in [1.54, 1.807) is 12.1 Å². The lowest BCUT2D eigenvalue weighted by molar-refractivity contribution is 0.0913. The molecule has 5 heteroatoms. The van der Waals surface area contributed by atoms with Crippen LogP contribution in [0.25, 0.3) is 0 Å². The van der Waals surface area contributed by atoms with Gasteiger partial charge >= 0.3 is 0 Å². The molecule has 0 saturated carbocycles. The number of carbonyl (C=O) groups is 1. The zero-order valence-electron chi connectivity index (χ0n) is 10.4. The largest absolute Gasteiger partial charge is 0.344 e. The van der Waals surface area contributed by atoms with E-state index in [0.29, 0.717) is 17.0 Å². The van der Waals surface area contributed by atoms with Gasteiger partial charge in [-0.3, -0.25) is 4.79 Å². The van der Waals surface area contributed by atoms with E-state index in [9.17, 15) is 4.79 Å². The third kappa shape index (κ3) is 3.31. The normalized spacial score (nSPS) is 11.4. The average Bonchev–Trinajstić information content (AvgIpc) is 2.39. The van der Waals surface area contributed by atoms with Crippen LogP contribution < -0.4 is 5.32 Å². The minimum Gasteiger partial charge on any atom is -0.344 e. The molecule has 0 aliphatic heterocycles. The molecule has 1 amide bonds. The molecule has 2 nitrogen and oxygen atoms in total. The molecule has 1 aromatic rings. The molecule has 1 N–H and O–H groups in total. The van der Waals surface area contributed by atoms with Crippen LogP contribution >= 0.6 is 34.8 Å². The number of carbonyl (C=O) groups excluding carboxylic acids is 1. The number of amides is 1. The zero-order chi connectivity index (χ0) is 13.8. The van der Waals surface area contributed by atoms with Gasteiger partial charge in [-0.05, 0) is 25.0 Å². The van der Waals surface area contributed by atoms with Gasteiger partial charge in [-0.1, -0.05) is 30.7 Å². The average molecular weight is 309 g/mol. The van der Waals surface area contributed by atoms with Crippen molar-refractivity contribution in [2.75, 3.05) is 11.8 Å². The van der Waals surface area contributed by atoms with Crippen LogP contribution in [0.2, 0.25) is 5.02 Å². The Kier molecular flexibility index (Phi) is 5.77. The van der Waals surface area contributed by atoms with E-state index in [4.69, 9.17) is 34.8 Å². The molecular weight excluding hydrogens is 293 g/mol. The third-order valence-corrected chi connectivity index (χ3v) is 4.53. The molecule has 100 valence electrons. The van der Waals surface area contributed by atoms with Gasteiger partial charge in [0.25, 0.3) is 5.91 Å². The van der Waals surface area contributed by atoms with E-state index in [1.165, 1.54) is 0 Å². The van der Waals surface area contributed by atoms with Gasteiger partial charge in [-0.25, -0.2) is 0 Å². The molecule has 1 aromatic carbocycles. The smallest absolute Gasteiger partial charge is 0.253 e. The molecule has 0 unspecified atom stereocenters. The van der Waals surface area contributed by atoms with Crippen LogP contribution in [-0.4, -0.2) is 23.2 Å². The highest BCUT2D eigenvalue weighted by Gasteiger charge is 2.29. The van der Waals surface area contributed by atoms with E-state index in [2.05, 4.69) is 5.32 Å². The van der Waals surface area contributed by atoms with E-state index in [0.717, 1.165) is 5.56 Å². The highest BCUT2D eigenvalue weighted by atomic mass is 35.5. The molecule has 0 aliphatic rings. The monoisotopic (exact) mass is 307 g/mol. The van der Waals surface area contributed by atoms with Crippen molar-refractivity contribution >= 4 is 40.7 Å². The van der Waals surface area contributed by atoms with Crippen molar-refractivity contribution in [3.63, 3.8) is 0 Å². The molecule has 0 atom stereocenters. The molecule has 0 fully saturated rings. The first-order valence-corrected chi connectivity index (χ1v) is 7.14. The van der Waals surface area contributed by atoms with Crippen molar-refractivity contribution in [2.24, 2.45) is 0 Å². The number of benzene rings is 1. The Balaban J connectivity index is 2.98. The standard InChI is InChI=1S/C13H16Cl3NO/c1-3-13(7-14,8-15)17-12(18)10-6-4-5-9(2)11(10)16/h4-6H,3,7-8H2,1-2H3,(H,17,18). The summed E-state index contributed by atoms with van der Waals surface area (Å²) in [6, 6.07) is 5.34. The Morgan fingerprint density at radius 1 is 1.33 bits per heavy atom. The Bertz CT molecular complexity index is 422. The minimum atomic E-state index is -0.590. The van der Waals surface area contributed by atoms with Crippen LogP contribution in [0.3, 0.4) is 0 Å². The van der Waals surface area contributed by atoms with Gasteiger partial charge in [0.15, 0.2) is 0 Å². The van der Waals surface area contributed by atoms with Crippen LogP contribution in [0, 0.1) is 6.92 Å². The molecule has 18 heavy (non-hydrogen) atoms. The Hall–Kier alpha value is -0.440. The number of hydrogen-bond acceptors (Lipinski definition) is 1. The van der Waals surface area contributed by atoms with Crippen LogP contribution in [0.15, 0.2) is 18.2 Å². The van der Waals surface area contributed by atoms with Crippen LogP contribution in [-0.2, 0) is 0 Å². The highest BCUT2D eigenvalue weighted by Crippen LogP contribution is 2.22. The van der Waals surface area contributed by atoms with Gasteiger partial charge < -0.3 is 5.32 Å². The summed E-state index contributed by atoms with van der Waals surface area (Å²) in [6.07, 6.45) is 0.662. The molecular formula is C13H16Cl3NO. The molecule has 0 bridgehead atoms. The summed E-state index contributed by atoms with van der Waals surface area (Å²) in [4.78, 5) is 12.2. The van der Waals surface area contributed by atoms with Gasteiger partial charge in [0, 0.05) is 11.8 Å². The summed E-state index contributed by atoms with van der Waals surface area (Å²) >= 11 is 17.9. The summed E-state index contributed by atoms with van der Waals surface area (Å²) < 4.78 is 0. The third-order valence-electron chi connectivity index (χ3n) is 3.00. The second-order valence-corrected chi connectivity index (χ2v) is 5.20. The summed E-state index contributed by atoms with van der Waals surface area (Å²) in [5.74, 6) is 0.288. The fourth-order valence-corrected chi connectivity index (χ4v) is 2.52. The maximum Gasteiger partial charge on any atom is 0.253 e. The van der Waals surface area contributed by atoms with Gasteiger partial charge in [-0.15, -0.1) is 23.2 Å². The van der Waals surface area contributed by atoms with E-state index in [-0.39, 0.29) is 17.7 Å². The number of nitrogens with one attached hydrogen (secondary N) is 1. The molecule has 0 aliphatic carbocycles. The SMILES string of the molecule is CCC(CCl)(CCl)NC(=O)c1cccc(C)c1Cl. The van der Waals surface area contributed by atoms with E-state index in [1.807, 2.05) is 19.9 Å². The summed E-state index contributed by atoms with van der Waals surface area (Å²) in [5, 5.41) is 3.34. The van der Waals surface area contributed by atoms with E-state index >= 15 is 0 Å². The second kappa shape index (κ2) is 6.65. The lowest BCUT2D eigenvalue weighted by Gasteiger charge is -2.29. The maximum atomic E-state index is 12.2. The quantitative estimate of drug-likeness (QED) is 0.818. The summed E-state index contributed by atoms with van der Waals surface area (Å²) in [6.45, 7) is 3.79. The summed E-state index contributed by atoms with van der Waals surface area (Å²) in [5.41, 5.74) is 0.723. The molecule has 0 radical (unpaired) electrons. The van der Waals surface area contributed by atoms with E-state index < -0.39 is 5.54 Å². The van der Waals surface area contributed by atoms with Crippen molar-refractivity contribution in [1.29, 1.82) is 0 Å². The van der Waals surface area contributed by atoms with Gasteiger partial charge in [0.1, 0.15) is 0 Å². The van der Waals surface area contributed by atoms with Crippen LogP contribution in [0.5, 0.6) is 0 Å². The minimum absolute atomic E-state index is 0.244. The Morgan fingerprint density at radius 2 is 1.94 bits per heavy atom. The molecule has 0 spiro atoms. The van der Waals surface area contributed by atoms with Crippen LogP contribution in [0.4, 0.5) is 0 Å². The van der Waals surface area contributed by atoms with Crippen LogP contribution in [0.1, 0.15) is 29.3 Å². The van der Waals surface area contributed by atoms with Crippen molar-refractivity contribution in [1.82, 2.24) is 5.32 Å². The first-order valence-electron chi connectivity index (χ1n) is 5.69. The van der Waals surface area contributed by atoms with Gasteiger partial charge in [0.2, 0.25) is 0 Å². The number of alkyl halides is 2. The molecule has 0 heterocycles. The first kappa shape index (κ1) is 15.6. The number of hydrogen-bond donors (Lipinski definition) is 1. The predicted molar refractivity (Wildman–Crippen MR) is 78.1 cm³/mol. The fraction of sp³-hybridized carbons (Fsp3) is 0.462. The molecule has 0 saturated heterocycles. The Morgan fingerprint density at radius 3 is 2.44 bits per heavy atom. The molecule has 0 aromatic heterocycles. The van der Waals surface area contributed by atoms with Gasteiger partial charge in [-0.2, -0.15) is 0 Å². The number of halogens is 3. The lowest BCUT2D eigenvalue weighted by atomic mass is 10.0. The van der Waals surface area contributed by atoms with Crippen molar-refractivity contribution in [2.45, 2.75) is 25.8 Å². The highest BCUT2D eigenvalue weighted by molar-refractivity contribution is 6.34. The maximum absolute atomic E-state index is 12.2. The zero-order valence-corrected chi connectivity index (χ0v) is 12.7. The van der Waals surface area contributed by atoms with Crippen molar-refractivity contribution < 1.29 is 4.79 Å². The van der Waals surface area contributed by atoms with Crippen molar-refractivity contribution in [3.8, 4) is 0 Å². The predicted octanol–water partition coefficient (Wildman–Crippen LogP) is 4.00. The van der Waals surface area contributed by atoms with Gasteiger partial charge in [0.05, 0.1) is 16.1 Å². The second-order valence-electron chi connectivity index (χ2n) is 4.29. The Labute approximate surface area is 123 Å². The topological polar surface area (TPSA) is 29.1 Å². The summed E-state index contributed by atoms with van der Waals surface area (Å²) in [7, 11) is 0. The number of aryl methyl sites for hydroxylation is 1. The first-order chi connectivity index (χ1) is 8.49. The fourth-order valence-electron chi connectivity index (χ4n) is 1.51. The van der Waals surface area contributed by atoms with Crippen molar-refractivity contribution in [3.05, 3.63) is 34.3 Å². The lowest BCUT2D eigenvalue weighted by Crippen LogP contribution is -2.51.